The Balaban J connectivity index is 0.00000136. The summed E-state index contributed by atoms with van der Waals surface area (Å²) in [5.74, 6) is 3.00. The number of aromatic nitrogens is 2. The molecular formula is C23H27Cl2FN4S. The third kappa shape index (κ3) is 5.55. The maximum Gasteiger partial charge on any atom is 0.188 e. The zero-order valence-electron chi connectivity index (χ0n) is 17.1. The van der Waals surface area contributed by atoms with E-state index < -0.39 is 0 Å². The molecule has 3 heterocycles. The number of thiazole rings is 1. The smallest absolute Gasteiger partial charge is 0.188 e. The van der Waals surface area contributed by atoms with Gasteiger partial charge in [-0.15, -0.1) is 24.8 Å². The van der Waals surface area contributed by atoms with Gasteiger partial charge in [0.2, 0.25) is 0 Å². The highest BCUT2D eigenvalue weighted by molar-refractivity contribution is 7.18. The number of rotatable bonds is 5. The van der Waals surface area contributed by atoms with Crippen molar-refractivity contribution in [1.29, 1.82) is 0 Å². The predicted molar refractivity (Wildman–Crippen MR) is 130 cm³/mol. The van der Waals surface area contributed by atoms with Crippen LogP contribution < -0.4 is 10.6 Å². The Kier molecular flexibility index (Phi) is 8.28. The Morgan fingerprint density at radius 3 is 2.74 bits per heavy atom. The molecule has 0 radical (unpaired) electrons. The average Bonchev–Trinajstić information content (AvgIpc) is 3.39. The Morgan fingerprint density at radius 2 is 1.90 bits per heavy atom. The summed E-state index contributed by atoms with van der Waals surface area (Å²) >= 11 is 1.55. The molecule has 0 bridgehead atoms. The quantitative estimate of drug-likeness (QED) is 0.462. The van der Waals surface area contributed by atoms with Gasteiger partial charge in [-0.05, 0) is 79.9 Å². The standard InChI is InChI=1S/C23H25FN4S.2ClH/c24-18-9-7-15(8-10-18)21-14-26-23(29-21)28-22-6-2-5-19(27-22)11-16-3-1-4-17-12-25-13-20(16)17;;/h2,5-10,14,16-17,20,25H,1,3-4,11-13H2,(H,26,27,28);2*1H. The highest BCUT2D eigenvalue weighted by Gasteiger charge is 2.36. The van der Waals surface area contributed by atoms with Gasteiger partial charge in [0.15, 0.2) is 5.13 Å². The number of benzene rings is 1. The van der Waals surface area contributed by atoms with Crippen molar-refractivity contribution < 1.29 is 4.39 Å². The number of hydrogen-bond donors (Lipinski definition) is 2. The summed E-state index contributed by atoms with van der Waals surface area (Å²) in [4.78, 5) is 10.3. The van der Waals surface area contributed by atoms with Crippen molar-refractivity contribution in [2.24, 2.45) is 17.8 Å². The van der Waals surface area contributed by atoms with Crippen molar-refractivity contribution in [3.63, 3.8) is 0 Å². The molecule has 2 N–H and O–H groups in total. The lowest BCUT2D eigenvalue weighted by Crippen LogP contribution is -2.28. The van der Waals surface area contributed by atoms with E-state index in [1.54, 1.807) is 23.5 Å². The van der Waals surface area contributed by atoms with E-state index in [9.17, 15) is 4.39 Å². The number of anilines is 2. The van der Waals surface area contributed by atoms with Gasteiger partial charge in [0, 0.05) is 11.9 Å². The molecule has 1 aliphatic heterocycles. The van der Waals surface area contributed by atoms with Crippen LogP contribution in [0.3, 0.4) is 0 Å². The summed E-state index contributed by atoms with van der Waals surface area (Å²) in [6.45, 7) is 2.36. The molecule has 5 rings (SSSR count). The first-order valence-electron chi connectivity index (χ1n) is 10.4. The van der Waals surface area contributed by atoms with Gasteiger partial charge in [-0.2, -0.15) is 0 Å². The molecule has 1 aromatic carbocycles. The number of nitrogens with one attached hydrogen (secondary N) is 2. The Morgan fingerprint density at radius 1 is 1.06 bits per heavy atom. The van der Waals surface area contributed by atoms with Crippen LogP contribution in [0.4, 0.5) is 15.3 Å². The summed E-state index contributed by atoms with van der Waals surface area (Å²) in [6, 6.07) is 12.7. The second kappa shape index (κ2) is 10.7. The average molecular weight is 481 g/mol. The van der Waals surface area contributed by atoms with Crippen molar-refractivity contribution in [2.45, 2.75) is 25.7 Å². The first-order valence-corrected chi connectivity index (χ1v) is 11.2. The molecule has 4 nitrogen and oxygen atoms in total. The number of fused-ring (bicyclic) bond motifs is 1. The third-order valence-electron chi connectivity index (χ3n) is 6.29. The molecule has 1 saturated carbocycles. The van der Waals surface area contributed by atoms with Crippen molar-refractivity contribution in [3.05, 3.63) is 60.2 Å². The molecule has 1 saturated heterocycles. The molecule has 2 aliphatic rings. The zero-order valence-corrected chi connectivity index (χ0v) is 19.5. The predicted octanol–water partition coefficient (Wildman–Crippen LogP) is 6.11. The monoisotopic (exact) mass is 480 g/mol. The van der Waals surface area contributed by atoms with Gasteiger partial charge < -0.3 is 10.6 Å². The fraction of sp³-hybridized carbons (Fsp3) is 0.391. The van der Waals surface area contributed by atoms with Gasteiger partial charge in [0.05, 0.1) is 4.88 Å². The van der Waals surface area contributed by atoms with Crippen molar-refractivity contribution in [2.75, 3.05) is 18.4 Å². The Labute approximate surface area is 198 Å². The van der Waals surface area contributed by atoms with Crippen LogP contribution in [-0.4, -0.2) is 23.1 Å². The van der Waals surface area contributed by atoms with E-state index in [1.165, 1.54) is 44.5 Å². The molecule has 3 atom stereocenters. The number of pyridine rings is 1. The maximum atomic E-state index is 13.1. The van der Waals surface area contributed by atoms with Crippen LogP contribution in [0.2, 0.25) is 0 Å². The van der Waals surface area contributed by atoms with Gasteiger partial charge >= 0.3 is 0 Å². The minimum absolute atomic E-state index is 0. The molecule has 31 heavy (non-hydrogen) atoms. The number of hydrogen-bond acceptors (Lipinski definition) is 5. The van der Waals surface area contributed by atoms with Crippen LogP contribution in [0.25, 0.3) is 10.4 Å². The molecule has 3 unspecified atom stereocenters. The molecule has 0 spiro atoms. The summed E-state index contributed by atoms with van der Waals surface area (Å²) in [6.07, 6.45) is 6.91. The fourth-order valence-electron chi connectivity index (χ4n) is 4.85. The van der Waals surface area contributed by atoms with E-state index in [0.29, 0.717) is 0 Å². The number of nitrogens with zero attached hydrogens (tertiary/aromatic N) is 2. The second-order valence-electron chi connectivity index (χ2n) is 8.15. The Bertz CT molecular complexity index is 982. The van der Waals surface area contributed by atoms with Crippen LogP contribution in [0, 0.1) is 23.6 Å². The van der Waals surface area contributed by atoms with Crippen LogP contribution in [0.5, 0.6) is 0 Å². The van der Waals surface area contributed by atoms with E-state index in [4.69, 9.17) is 4.98 Å². The van der Waals surface area contributed by atoms with Crippen LogP contribution in [0.15, 0.2) is 48.7 Å². The van der Waals surface area contributed by atoms with Gasteiger partial charge in [0.1, 0.15) is 11.6 Å². The van der Waals surface area contributed by atoms with Crippen LogP contribution in [-0.2, 0) is 6.42 Å². The molecule has 0 amide bonds. The molecule has 166 valence electrons. The molecule has 2 aromatic heterocycles. The third-order valence-corrected chi connectivity index (χ3v) is 7.26. The van der Waals surface area contributed by atoms with Gasteiger partial charge in [0.25, 0.3) is 0 Å². The molecule has 2 fully saturated rings. The van der Waals surface area contributed by atoms with Crippen molar-refractivity contribution >= 4 is 47.1 Å². The van der Waals surface area contributed by atoms with Crippen molar-refractivity contribution in [3.8, 4) is 10.4 Å². The molecule has 1 aliphatic carbocycles. The SMILES string of the molecule is Cl.Cl.Fc1ccc(-c2cnc(Nc3cccc(CC4CCCC5CNCC54)n3)s2)cc1. The fourth-order valence-corrected chi connectivity index (χ4v) is 5.68. The van der Waals surface area contributed by atoms with Gasteiger partial charge in [-0.1, -0.05) is 36.0 Å². The highest BCUT2D eigenvalue weighted by atomic mass is 35.5. The van der Waals surface area contributed by atoms with E-state index in [2.05, 4.69) is 27.8 Å². The van der Waals surface area contributed by atoms with Crippen LogP contribution in [0.1, 0.15) is 25.0 Å². The van der Waals surface area contributed by atoms with Crippen LogP contribution >= 0.6 is 36.2 Å². The zero-order chi connectivity index (χ0) is 19.6. The van der Waals surface area contributed by atoms with E-state index in [0.717, 1.165) is 51.3 Å². The summed E-state index contributed by atoms with van der Waals surface area (Å²) in [5.41, 5.74) is 2.12. The van der Waals surface area contributed by atoms with Gasteiger partial charge in [-0.3, -0.25) is 0 Å². The number of halogens is 3. The van der Waals surface area contributed by atoms with E-state index in [-0.39, 0.29) is 30.6 Å². The largest absolute Gasteiger partial charge is 0.316 e. The summed E-state index contributed by atoms with van der Waals surface area (Å²) in [7, 11) is 0. The topological polar surface area (TPSA) is 49.8 Å². The highest BCUT2D eigenvalue weighted by Crippen LogP contribution is 2.38. The summed E-state index contributed by atoms with van der Waals surface area (Å²) < 4.78 is 13.1. The Hall–Kier alpha value is -1.73. The second-order valence-corrected chi connectivity index (χ2v) is 9.18. The molecule has 8 heteroatoms. The maximum absolute atomic E-state index is 13.1. The molecule has 3 aromatic rings. The lowest BCUT2D eigenvalue weighted by Gasteiger charge is -2.33. The van der Waals surface area contributed by atoms with Crippen molar-refractivity contribution in [1.82, 2.24) is 15.3 Å². The minimum Gasteiger partial charge on any atom is -0.316 e. The lowest BCUT2D eigenvalue weighted by atomic mass is 9.72. The first-order chi connectivity index (χ1) is 14.2. The first kappa shape index (κ1) is 23.9. The van der Waals surface area contributed by atoms with E-state index >= 15 is 0 Å². The lowest BCUT2D eigenvalue weighted by molar-refractivity contribution is 0.197. The molecular weight excluding hydrogens is 454 g/mol. The summed E-state index contributed by atoms with van der Waals surface area (Å²) in [5, 5.41) is 7.72. The van der Waals surface area contributed by atoms with Gasteiger partial charge in [-0.25, -0.2) is 14.4 Å². The minimum atomic E-state index is -0.227. The van der Waals surface area contributed by atoms with E-state index in [1.807, 2.05) is 12.3 Å². The normalized spacial score (nSPS) is 22.2.